The van der Waals surface area contributed by atoms with Crippen LogP contribution >= 0.6 is 12.6 Å². The molecule has 1 amide bonds. The highest BCUT2D eigenvalue weighted by Crippen LogP contribution is 2.11. The van der Waals surface area contributed by atoms with Crippen molar-refractivity contribution in [1.29, 1.82) is 0 Å². The molecule has 0 spiro atoms. The molecule has 1 atom stereocenters. The van der Waals surface area contributed by atoms with Gasteiger partial charge in [0.2, 0.25) is 5.91 Å². The van der Waals surface area contributed by atoms with Gasteiger partial charge in [-0.15, -0.1) is 0 Å². The summed E-state index contributed by atoms with van der Waals surface area (Å²) in [6.45, 7) is 2.68. The van der Waals surface area contributed by atoms with Crippen molar-refractivity contribution >= 4 is 24.5 Å². The van der Waals surface area contributed by atoms with E-state index in [1.54, 1.807) is 0 Å². The van der Waals surface area contributed by atoms with Gasteiger partial charge in [-0.1, -0.05) is 64.7 Å². The molecule has 0 aliphatic heterocycles. The summed E-state index contributed by atoms with van der Waals surface area (Å²) < 4.78 is 0. The van der Waals surface area contributed by atoms with E-state index in [-0.39, 0.29) is 11.8 Å². The van der Waals surface area contributed by atoms with E-state index >= 15 is 0 Å². The summed E-state index contributed by atoms with van der Waals surface area (Å²) in [4.78, 5) is 21.9. The van der Waals surface area contributed by atoms with Crippen molar-refractivity contribution in [2.75, 3.05) is 12.3 Å². The van der Waals surface area contributed by atoms with Crippen LogP contribution < -0.4 is 5.32 Å². The van der Waals surface area contributed by atoms with Crippen LogP contribution in [0.1, 0.15) is 84.0 Å². The van der Waals surface area contributed by atoms with Crippen LogP contribution in [0, 0.1) is 5.92 Å². The van der Waals surface area contributed by atoms with E-state index in [9.17, 15) is 9.59 Å². The van der Waals surface area contributed by atoms with Gasteiger partial charge in [0.1, 0.15) is 0 Å². The molecule has 0 rings (SSSR count). The number of nitrogens with one attached hydrogen (secondary N) is 1. The zero-order chi connectivity index (χ0) is 17.3. The highest BCUT2D eigenvalue weighted by atomic mass is 32.1. The SMILES string of the molecule is CC(CS)C(=O)NCCCCCCCCCCCCCC(=O)O. The standard InChI is InChI=1S/C18H35NO3S/c1-16(15-23)18(22)19-14-12-10-8-6-4-2-3-5-7-9-11-13-17(20)21/h16,23H,2-15H2,1H3,(H,19,22)(H,20,21). The van der Waals surface area contributed by atoms with Crippen molar-refractivity contribution in [3.05, 3.63) is 0 Å². The summed E-state index contributed by atoms with van der Waals surface area (Å²) in [5.74, 6) is 0.0392. The molecule has 0 aromatic heterocycles. The first-order valence-electron chi connectivity index (χ1n) is 9.18. The molecule has 0 fully saturated rings. The minimum absolute atomic E-state index is 0.00228. The lowest BCUT2D eigenvalue weighted by Crippen LogP contribution is -2.30. The van der Waals surface area contributed by atoms with Gasteiger partial charge in [0.25, 0.3) is 0 Å². The molecule has 136 valence electrons. The van der Waals surface area contributed by atoms with E-state index in [4.69, 9.17) is 5.11 Å². The van der Waals surface area contributed by atoms with Crippen LogP contribution in [-0.4, -0.2) is 29.3 Å². The van der Waals surface area contributed by atoms with Crippen molar-refractivity contribution in [3.8, 4) is 0 Å². The monoisotopic (exact) mass is 345 g/mol. The lowest BCUT2D eigenvalue weighted by Gasteiger charge is -2.09. The molecule has 0 aromatic rings. The van der Waals surface area contributed by atoms with Gasteiger partial charge in [-0.05, 0) is 12.8 Å². The Morgan fingerprint density at radius 1 is 0.870 bits per heavy atom. The first kappa shape index (κ1) is 22.3. The minimum atomic E-state index is -0.680. The summed E-state index contributed by atoms with van der Waals surface area (Å²) in [6.07, 6.45) is 13.2. The molecule has 2 N–H and O–H groups in total. The van der Waals surface area contributed by atoms with Crippen molar-refractivity contribution in [2.45, 2.75) is 84.0 Å². The number of amides is 1. The summed E-state index contributed by atoms with van der Waals surface area (Å²) in [7, 11) is 0. The molecule has 0 heterocycles. The number of hydrogen-bond acceptors (Lipinski definition) is 3. The number of aliphatic carboxylic acids is 1. The fraction of sp³-hybridized carbons (Fsp3) is 0.889. The van der Waals surface area contributed by atoms with E-state index < -0.39 is 5.97 Å². The molecule has 23 heavy (non-hydrogen) atoms. The molecule has 4 nitrogen and oxygen atoms in total. The number of carbonyl (C=O) groups is 2. The van der Waals surface area contributed by atoms with Gasteiger partial charge in [0.15, 0.2) is 0 Å². The summed E-state index contributed by atoms with van der Waals surface area (Å²) in [5.41, 5.74) is 0. The van der Waals surface area contributed by atoms with E-state index in [0.717, 1.165) is 32.2 Å². The molecule has 5 heteroatoms. The molecule has 0 aliphatic rings. The van der Waals surface area contributed by atoms with Crippen LogP contribution in [0.15, 0.2) is 0 Å². The van der Waals surface area contributed by atoms with Crippen molar-refractivity contribution in [1.82, 2.24) is 5.32 Å². The van der Waals surface area contributed by atoms with Gasteiger partial charge in [0.05, 0.1) is 0 Å². The van der Waals surface area contributed by atoms with Gasteiger partial charge < -0.3 is 10.4 Å². The van der Waals surface area contributed by atoms with Crippen LogP contribution in [0.5, 0.6) is 0 Å². The Hall–Kier alpha value is -0.710. The smallest absolute Gasteiger partial charge is 0.303 e. The lowest BCUT2D eigenvalue weighted by molar-refractivity contribution is -0.137. The fourth-order valence-corrected chi connectivity index (χ4v) is 2.63. The Morgan fingerprint density at radius 2 is 1.30 bits per heavy atom. The van der Waals surface area contributed by atoms with E-state index in [1.165, 1.54) is 44.9 Å². The maximum Gasteiger partial charge on any atom is 0.303 e. The van der Waals surface area contributed by atoms with Gasteiger partial charge in [-0.25, -0.2) is 0 Å². The second kappa shape index (κ2) is 16.2. The zero-order valence-electron chi connectivity index (χ0n) is 14.7. The molecule has 0 aliphatic carbocycles. The molecule has 0 aromatic carbocycles. The largest absolute Gasteiger partial charge is 0.481 e. The van der Waals surface area contributed by atoms with Crippen LogP contribution in [0.25, 0.3) is 0 Å². The van der Waals surface area contributed by atoms with Crippen LogP contribution in [-0.2, 0) is 9.59 Å². The van der Waals surface area contributed by atoms with Crippen LogP contribution in [0.2, 0.25) is 0 Å². The van der Waals surface area contributed by atoms with Crippen LogP contribution in [0.3, 0.4) is 0 Å². The molecule has 0 radical (unpaired) electrons. The van der Waals surface area contributed by atoms with Crippen molar-refractivity contribution in [3.63, 3.8) is 0 Å². The van der Waals surface area contributed by atoms with Crippen LogP contribution in [0.4, 0.5) is 0 Å². The Kier molecular flexibility index (Phi) is 15.7. The van der Waals surface area contributed by atoms with E-state index in [2.05, 4.69) is 17.9 Å². The van der Waals surface area contributed by atoms with Crippen molar-refractivity contribution < 1.29 is 14.7 Å². The zero-order valence-corrected chi connectivity index (χ0v) is 15.6. The molecule has 1 unspecified atom stereocenters. The summed E-state index contributed by atoms with van der Waals surface area (Å²) >= 11 is 4.12. The Bertz CT molecular complexity index is 311. The van der Waals surface area contributed by atoms with Gasteiger partial charge >= 0.3 is 5.97 Å². The molecular weight excluding hydrogens is 310 g/mol. The third-order valence-electron chi connectivity index (χ3n) is 4.09. The first-order valence-corrected chi connectivity index (χ1v) is 9.81. The number of unbranched alkanes of at least 4 members (excludes halogenated alkanes) is 10. The maximum absolute atomic E-state index is 11.5. The number of hydrogen-bond donors (Lipinski definition) is 3. The summed E-state index contributed by atoms with van der Waals surface area (Å²) in [5, 5.41) is 11.5. The topological polar surface area (TPSA) is 66.4 Å². The highest BCUT2D eigenvalue weighted by Gasteiger charge is 2.08. The Balaban J connectivity index is 3.13. The average Bonchev–Trinajstić information content (AvgIpc) is 2.53. The van der Waals surface area contributed by atoms with E-state index in [0.29, 0.717) is 12.2 Å². The van der Waals surface area contributed by atoms with Crippen molar-refractivity contribution in [2.24, 2.45) is 5.92 Å². The highest BCUT2D eigenvalue weighted by molar-refractivity contribution is 7.80. The number of carboxylic acid groups (broad SMARTS) is 1. The fourth-order valence-electron chi connectivity index (χ4n) is 2.46. The normalized spacial score (nSPS) is 12.1. The average molecular weight is 346 g/mol. The number of thiol groups is 1. The molecule has 0 bridgehead atoms. The first-order chi connectivity index (χ1) is 11.1. The quantitative estimate of drug-likeness (QED) is 0.286. The lowest BCUT2D eigenvalue weighted by atomic mass is 10.1. The minimum Gasteiger partial charge on any atom is -0.481 e. The Morgan fingerprint density at radius 3 is 1.74 bits per heavy atom. The van der Waals surface area contributed by atoms with Gasteiger partial charge in [-0.2, -0.15) is 12.6 Å². The number of rotatable bonds is 16. The number of carboxylic acids is 1. The third kappa shape index (κ3) is 15.9. The molecule has 0 saturated carbocycles. The van der Waals surface area contributed by atoms with E-state index in [1.807, 2.05) is 6.92 Å². The second-order valence-electron chi connectivity index (χ2n) is 6.41. The third-order valence-corrected chi connectivity index (χ3v) is 4.64. The number of carbonyl (C=O) groups excluding carboxylic acids is 1. The second-order valence-corrected chi connectivity index (χ2v) is 6.77. The van der Waals surface area contributed by atoms with Gasteiger partial charge in [0, 0.05) is 24.6 Å². The Labute approximate surface area is 147 Å². The van der Waals surface area contributed by atoms with Gasteiger partial charge in [-0.3, -0.25) is 9.59 Å². The molecular formula is C18H35NO3S. The predicted octanol–water partition coefficient (Wildman–Crippen LogP) is 4.43. The molecule has 0 saturated heterocycles. The summed E-state index contributed by atoms with van der Waals surface area (Å²) in [6, 6.07) is 0. The maximum atomic E-state index is 11.5. The predicted molar refractivity (Wildman–Crippen MR) is 99.1 cm³/mol.